The van der Waals surface area contributed by atoms with E-state index in [1.54, 1.807) is 7.05 Å². The van der Waals surface area contributed by atoms with Crippen LogP contribution >= 0.6 is 0 Å². The number of hydroxylamine groups is 2. The van der Waals surface area contributed by atoms with E-state index in [2.05, 4.69) is 0 Å². The fourth-order valence-corrected chi connectivity index (χ4v) is 2.57. The van der Waals surface area contributed by atoms with Crippen LogP contribution in [0.3, 0.4) is 0 Å². The number of hydrogen-bond donors (Lipinski definition) is 0. The number of ether oxygens (including phenoxy) is 2. The highest BCUT2D eigenvalue weighted by Gasteiger charge is 2.29. The Kier molecular flexibility index (Phi) is 6.01. The lowest BCUT2D eigenvalue weighted by atomic mass is 10.0. The zero-order chi connectivity index (χ0) is 16.8. The molecule has 2 rings (SSSR count). The van der Waals surface area contributed by atoms with Crippen LogP contribution in [0, 0.1) is 0 Å². The molecule has 0 spiro atoms. The summed E-state index contributed by atoms with van der Waals surface area (Å²) in [6, 6.07) is -0.514. The molecular formula is C17H24N2O4. The molecule has 6 nitrogen and oxygen atoms in total. The average molecular weight is 320 g/mol. The lowest BCUT2D eigenvalue weighted by Crippen LogP contribution is -2.46. The van der Waals surface area contributed by atoms with E-state index in [1.165, 1.54) is 19.3 Å². The molecule has 1 aliphatic heterocycles. The molecule has 0 radical (unpaired) electrons. The number of hydrogen-bond acceptors (Lipinski definition) is 6. The highest BCUT2D eigenvalue weighted by molar-refractivity contribution is 5.75. The smallest absolute Gasteiger partial charge is 0.327 e. The summed E-state index contributed by atoms with van der Waals surface area (Å²) >= 11 is 0. The average Bonchev–Trinajstić information content (AvgIpc) is 2.73. The second-order valence-corrected chi connectivity index (χ2v) is 5.25. The van der Waals surface area contributed by atoms with Gasteiger partial charge in [-0.1, -0.05) is 6.08 Å². The fourth-order valence-electron chi connectivity index (χ4n) is 2.57. The lowest BCUT2D eigenvalue weighted by molar-refractivity contribution is -0.177. The summed E-state index contributed by atoms with van der Waals surface area (Å²) in [5.74, 6) is 0.567. The van der Waals surface area contributed by atoms with E-state index in [9.17, 15) is 4.79 Å². The van der Waals surface area contributed by atoms with E-state index < -0.39 is 6.04 Å². The van der Waals surface area contributed by atoms with Gasteiger partial charge in [-0.3, -0.25) is 4.79 Å². The molecule has 0 aromatic rings. The maximum absolute atomic E-state index is 12.0. The maximum atomic E-state index is 12.0. The van der Waals surface area contributed by atoms with Crippen molar-refractivity contribution >= 4 is 5.97 Å². The first-order chi connectivity index (χ1) is 11.1. The summed E-state index contributed by atoms with van der Waals surface area (Å²) in [4.78, 5) is 19.2. The molecule has 23 heavy (non-hydrogen) atoms. The van der Waals surface area contributed by atoms with Gasteiger partial charge < -0.3 is 19.2 Å². The van der Waals surface area contributed by atoms with E-state index in [-0.39, 0.29) is 5.97 Å². The number of allylic oxidation sites excluding steroid dienone is 5. The van der Waals surface area contributed by atoms with Gasteiger partial charge in [-0.15, -0.1) is 0 Å². The molecule has 0 fully saturated rings. The molecule has 2 bridgehead atoms. The van der Waals surface area contributed by atoms with Crippen molar-refractivity contribution in [2.24, 2.45) is 0 Å². The Morgan fingerprint density at radius 3 is 2.83 bits per heavy atom. The minimum atomic E-state index is -0.514. The Hall–Kier alpha value is -2.05. The standard InChI is InChI=1S/C17H24N2O4/c1-5-23-16-8-6-7-14-11-13(16)9-10-19(14)12-15(17(20)21-3)18(2)22-4/h6-10,15H,5,11-12H2,1-4H3. The Morgan fingerprint density at radius 2 is 2.17 bits per heavy atom. The number of likely N-dealkylation sites (N-methyl/N-ethyl adjacent to an activating group) is 1. The monoisotopic (exact) mass is 320 g/mol. The summed E-state index contributed by atoms with van der Waals surface area (Å²) < 4.78 is 10.5. The molecule has 6 heteroatoms. The van der Waals surface area contributed by atoms with Crippen molar-refractivity contribution in [2.45, 2.75) is 19.4 Å². The van der Waals surface area contributed by atoms with E-state index in [0.29, 0.717) is 13.2 Å². The number of esters is 1. The molecule has 2 aliphatic rings. The second-order valence-electron chi connectivity index (χ2n) is 5.25. The molecule has 126 valence electrons. The third-order valence-corrected chi connectivity index (χ3v) is 3.92. The number of fused-ring (bicyclic) bond motifs is 2. The van der Waals surface area contributed by atoms with Gasteiger partial charge in [-0.2, -0.15) is 5.06 Å². The zero-order valence-electron chi connectivity index (χ0n) is 14.1. The van der Waals surface area contributed by atoms with E-state index in [0.717, 1.165) is 23.5 Å². The summed E-state index contributed by atoms with van der Waals surface area (Å²) in [6.07, 6.45) is 10.7. The molecule has 0 aromatic carbocycles. The molecule has 0 saturated carbocycles. The normalized spacial score (nSPS) is 18.0. The van der Waals surface area contributed by atoms with Crippen LogP contribution in [-0.2, 0) is 19.1 Å². The number of rotatable bonds is 7. The first-order valence-corrected chi connectivity index (χ1v) is 7.63. The molecule has 1 atom stereocenters. The molecule has 0 saturated heterocycles. The van der Waals surface area contributed by atoms with Crippen molar-refractivity contribution in [1.29, 1.82) is 0 Å². The van der Waals surface area contributed by atoms with E-state index in [1.807, 2.05) is 42.3 Å². The van der Waals surface area contributed by atoms with Crippen molar-refractivity contribution in [3.05, 3.63) is 47.5 Å². The first-order valence-electron chi connectivity index (χ1n) is 7.63. The maximum Gasteiger partial charge on any atom is 0.327 e. The Bertz CT molecular complexity index is 563. The predicted molar refractivity (Wildman–Crippen MR) is 86.9 cm³/mol. The minimum absolute atomic E-state index is 0.330. The first kappa shape index (κ1) is 17.3. The summed E-state index contributed by atoms with van der Waals surface area (Å²) in [7, 11) is 4.63. The Labute approximate surface area is 137 Å². The second kappa shape index (κ2) is 7.99. The van der Waals surface area contributed by atoms with Gasteiger partial charge in [0, 0.05) is 30.9 Å². The largest absolute Gasteiger partial charge is 0.494 e. The van der Waals surface area contributed by atoms with Crippen LogP contribution in [0.15, 0.2) is 47.5 Å². The van der Waals surface area contributed by atoms with Crippen molar-refractivity contribution in [3.63, 3.8) is 0 Å². The summed E-state index contributed by atoms with van der Waals surface area (Å²) in [6.45, 7) is 3.06. The molecule has 0 aromatic heterocycles. The van der Waals surface area contributed by atoms with Crippen molar-refractivity contribution in [3.8, 4) is 0 Å². The number of nitrogens with zero attached hydrogens (tertiary/aromatic N) is 2. The van der Waals surface area contributed by atoms with E-state index in [4.69, 9.17) is 14.3 Å². The van der Waals surface area contributed by atoms with Gasteiger partial charge in [0.2, 0.25) is 0 Å². The minimum Gasteiger partial charge on any atom is -0.494 e. The number of carbonyl (C=O) groups excluding carboxylic acids is 1. The van der Waals surface area contributed by atoms with Crippen LogP contribution in [0.5, 0.6) is 0 Å². The Morgan fingerprint density at radius 1 is 1.39 bits per heavy atom. The lowest BCUT2D eigenvalue weighted by Gasteiger charge is -2.33. The number of carbonyl (C=O) groups is 1. The predicted octanol–water partition coefficient (Wildman–Crippen LogP) is 1.98. The SMILES string of the molecule is CCOC1=C2C=CN(CC(C(=O)OC)N(C)OC)C(=CC=C1)C2. The van der Waals surface area contributed by atoms with Gasteiger partial charge >= 0.3 is 5.97 Å². The van der Waals surface area contributed by atoms with Crippen LogP contribution in [0.25, 0.3) is 0 Å². The van der Waals surface area contributed by atoms with Crippen LogP contribution < -0.4 is 0 Å². The highest BCUT2D eigenvalue weighted by atomic mass is 16.7. The quantitative estimate of drug-likeness (QED) is 0.528. The molecule has 1 heterocycles. The zero-order valence-corrected chi connectivity index (χ0v) is 14.1. The van der Waals surface area contributed by atoms with Gasteiger partial charge in [0.15, 0.2) is 0 Å². The topological polar surface area (TPSA) is 51.2 Å². The molecule has 1 unspecified atom stereocenters. The summed E-state index contributed by atoms with van der Waals surface area (Å²) in [5.41, 5.74) is 2.24. The van der Waals surface area contributed by atoms with Gasteiger partial charge in [-0.25, -0.2) is 0 Å². The molecule has 0 N–H and O–H groups in total. The molecular weight excluding hydrogens is 296 g/mol. The van der Waals surface area contributed by atoms with Crippen LogP contribution in [-0.4, -0.2) is 56.4 Å². The molecule has 1 aliphatic carbocycles. The van der Waals surface area contributed by atoms with E-state index >= 15 is 0 Å². The van der Waals surface area contributed by atoms with Crippen molar-refractivity contribution in [2.75, 3.05) is 34.4 Å². The van der Waals surface area contributed by atoms with Gasteiger partial charge in [0.1, 0.15) is 11.8 Å². The third-order valence-electron chi connectivity index (χ3n) is 3.92. The van der Waals surface area contributed by atoms with Crippen LogP contribution in [0.4, 0.5) is 0 Å². The van der Waals surface area contributed by atoms with Crippen LogP contribution in [0.2, 0.25) is 0 Å². The fraction of sp³-hybridized carbons (Fsp3) is 0.471. The van der Waals surface area contributed by atoms with Crippen molar-refractivity contribution < 1.29 is 19.1 Å². The number of methoxy groups -OCH3 is 1. The Balaban J connectivity index is 2.20. The molecule has 0 amide bonds. The summed E-state index contributed by atoms with van der Waals surface area (Å²) in [5, 5.41) is 1.50. The van der Waals surface area contributed by atoms with Gasteiger partial charge in [0.05, 0.1) is 27.4 Å². The third kappa shape index (κ3) is 4.03. The highest BCUT2D eigenvalue weighted by Crippen LogP contribution is 2.29. The van der Waals surface area contributed by atoms with Gasteiger partial charge in [-0.05, 0) is 25.2 Å². The van der Waals surface area contributed by atoms with Gasteiger partial charge in [0.25, 0.3) is 0 Å². The van der Waals surface area contributed by atoms with Crippen LogP contribution in [0.1, 0.15) is 13.3 Å². The van der Waals surface area contributed by atoms with Crippen molar-refractivity contribution in [1.82, 2.24) is 9.96 Å².